The summed E-state index contributed by atoms with van der Waals surface area (Å²) in [6.07, 6.45) is 0. The van der Waals surface area contributed by atoms with E-state index in [9.17, 15) is 0 Å². The second kappa shape index (κ2) is 2.61. The Bertz CT molecular complexity index is 232. The van der Waals surface area contributed by atoms with Crippen molar-refractivity contribution in [2.75, 3.05) is 14.1 Å². The van der Waals surface area contributed by atoms with E-state index in [-0.39, 0.29) is 0 Å². The first-order valence-electron chi connectivity index (χ1n) is 3.78. The summed E-state index contributed by atoms with van der Waals surface area (Å²) in [4.78, 5) is 1.99. The van der Waals surface area contributed by atoms with Crippen molar-refractivity contribution in [3.05, 3.63) is 22.8 Å². The molecule has 1 aliphatic rings. The molecule has 0 saturated heterocycles. The maximum atomic E-state index is 5.46. The SMILES string of the molecule is CC(C)=C1OC(N(C)C)=C1C. The Labute approximate surface area is 68.1 Å². The van der Waals surface area contributed by atoms with Crippen molar-refractivity contribution in [3.8, 4) is 0 Å². The van der Waals surface area contributed by atoms with Gasteiger partial charge in [0.25, 0.3) is 0 Å². The Morgan fingerprint density at radius 2 is 1.82 bits per heavy atom. The second-order valence-electron chi connectivity index (χ2n) is 3.26. The number of rotatable bonds is 1. The van der Waals surface area contributed by atoms with E-state index < -0.39 is 0 Å². The molecule has 0 aromatic carbocycles. The monoisotopic (exact) mass is 153 g/mol. The zero-order valence-corrected chi connectivity index (χ0v) is 7.86. The first-order valence-corrected chi connectivity index (χ1v) is 3.78. The Morgan fingerprint density at radius 1 is 1.27 bits per heavy atom. The van der Waals surface area contributed by atoms with Crippen molar-refractivity contribution in [2.24, 2.45) is 0 Å². The van der Waals surface area contributed by atoms with Crippen LogP contribution in [-0.2, 0) is 4.74 Å². The Morgan fingerprint density at radius 3 is 2.09 bits per heavy atom. The van der Waals surface area contributed by atoms with E-state index in [0.717, 1.165) is 11.6 Å². The molecular weight excluding hydrogens is 138 g/mol. The van der Waals surface area contributed by atoms with Gasteiger partial charge in [0.1, 0.15) is 5.76 Å². The minimum absolute atomic E-state index is 0.987. The largest absolute Gasteiger partial charge is 0.440 e. The number of nitrogens with zero attached hydrogens (tertiary/aromatic N) is 1. The van der Waals surface area contributed by atoms with Crippen molar-refractivity contribution in [3.63, 3.8) is 0 Å². The van der Waals surface area contributed by atoms with Crippen LogP contribution in [0.4, 0.5) is 0 Å². The topological polar surface area (TPSA) is 12.5 Å². The number of hydrogen-bond donors (Lipinski definition) is 0. The molecule has 0 spiro atoms. The van der Waals surface area contributed by atoms with E-state index in [4.69, 9.17) is 4.74 Å². The third-order valence-electron chi connectivity index (χ3n) is 1.72. The third-order valence-corrected chi connectivity index (χ3v) is 1.72. The molecule has 0 N–H and O–H groups in total. The average molecular weight is 153 g/mol. The number of hydrogen-bond acceptors (Lipinski definition) is 2. The van der Waals surface area contributed by atoms with Gasteiger partial charge in [-0.1, -0.05) is 0 Å². The molecule has 0 aliphatic carbocycles. The smallest absolute Gasteiger partial charge is 0.202 e. The van der Waals surface area contributed by atoms with Crippen LogP contribution in [0.15, 0.2) is 22.8 Å². The first kappa shape index (κ1) is 8.18. The van der Waals surface area contributed by atoms with E-state index in [2.05, 4.69) is 20.8 Å². The van der Waals surface area contributed by atoms with Gasteiger partial charge in [-0.2, -0.15) is 0 Å². The third kappa shape index (κ3) is 1.25. The van der Waals surface area contributed by atoms with Crippen LogP contribution in [0.2, 0.25) is 0 Å². The van der Waals surface area contributed by atoms with Crippen LogP contribution in [0, 0.1) is 0 Å². The maximum absolute atomic E-state index is 5.46. The molecule has 0 unspecified atom stereocenters. The first-order chi connectivity index (χ1) is 5.04. The number of allylic oxidation sites excluding steroid dienone is 2. The Hall–Kier alpha value is -0.920. The lowest BCUT2D eigenvalue weighted by Gasteiger charge is -2.30. The van der Waals surface area contributed by atoms with Crippen molar-refractivity contribution in [2.45, 2.75) is 20.8 Å². The van der Waals surface area contributed by atoms with Crippen LogP contribution in [0.5, 0.6) is 0 Å². The summed E-state index contributed by atoms with van der Waals surface area (Å²) in [6, 6.07) is 0. The Kier molecular flexibility index (Phi) is 1.94. The van der Waals surface area contributed by atoms with Gasteiger partial charge in [0.05, 0.1) is 5.57 Å². The predicted octanol–water partition coefficient (Wildman–Crippen LogP) is 2.10. The zero-order chi connectivity index (χ0) is 8.59. The fourth-order valence-corrected chi connectivity index (χ4v) is 1.20. The molecule has 1 aliphatic heterocycles. The molecule has 2 nitrogen and oxygen atoms in total. The van der Waals surface area contributed by atoms with Crippen molar-refractivity contribution < 1.29 is 4.74 Å². The van der Waals surface area contributed by atoms with Gasteiger partial charge < -0.3 is 9.64 Å². The molecular formula is C9H15NO. The molecule has 1 rings (SSSR count). The normalized spacial score (nSPS) is 15.9. The minimum atomic E-state index is 0.987. The molecule has 0 fully saturated rings. The van der Waals surface area contributed by atoms with E-state index in [1.54, 1.807) is 0 Å². The molecule has 62 valence electrons. The summed E-state index contributed by atoms with van der Waals surface area (Å²) in [6.45, 7) is 6.21. The summed E-state index contributed by atoms with van der Waals surface area (Å²) >= 11 is 0. The quantitative estimate of drug-likeness (QED) is 0.572. The summed E-state index contributed by atoms with van der Waals surface area (Å²) in [7, 11) is 3.97. The summed E-state index contributed by atoms with van der Waals surface area (Å²) in [5.41, 5.74) is 2.50. The van der Waals surface area contributed by atoms with Crippen LogP contribution in [0.25, 0.3) is 0 Å². The van der Waals surface area contributed by atoms with Crippen LogP contribution < -0.4 is 0 Å². The van der Waals surface area contributed by atoms with Gasteiger partial charge in [-0.05, 0) is 26.3 Å². The summed E-state index contributed by atoms with van der Waals surface area (Å²) in [5, 5.41) is 0. The molecule has 2 heteroatoms. The predicted molar refractivity (Wildman–Crippen MR) is 45.8 cm³/mol. The van der Waals surface area contributed by atoms with Gasteiger partial charge in [-0.25, -0.2) is 0 Å². The molecule has 0 atom stereocenters. The molecule has 0 amide bonds. The van der Waals surface area contributed by atoms with Crippen molar-refractivity contribution in [1.82, 2.24) is 4.90 Å². The highest BCUT2D eigenvalue weighted by molar-refractivity contribution is 5.37. The summed E-state index contributed by atoms with van der Waals surface area (Å²) in [5.74, 6) is 2.04. The molecule has 1 heterocycles. The second-order valence-corrected chi connectivity index (χ2v) is 3.26. The zero-order valence-electron chi connectivity index (χ0n) is 7.86. The average Bonchev–Trinajstić information content (AvgIpc) is 1.82. The summed E-state index contributed by atoms with van der Waals surface area (Å²) < 4.78 is 5.46. The molecule has 0 aromatic heterocycles. The fourth-order valence-electron chi connectivity index (χ4n) is 1.20. The molecule has 11 heavy (non-hydrogen) atoms. The van der Waals surface area contributed by atoms with Gasteiger partial charge in [0, 0.05) is 14.1 Å². The van der Waals surface area contributed by atoms with Gasteiger partial charge >= 0.3 is 0 Å². The minimum Gasteiger partial charge on any atom is -0.440 e. The van der Waals surface area contributed by atoms with E-state index in [1.807, 2.05) is 19.0 Å². The van der Waals surface area contributed by atoms with Gasteiger partial charge in [0.2, 0.25) is 5.88 Å². The van der Waals surface area contributed by atoms with Crippen LogP contribution >= 0.6 is 0 Å². The van der Waals surface area contributed by atoms with Crippen LogP contribution in [-0.4, -0.2) is 19.0 Å². The van der Waals surface area contributed by atoms with E-state index in [0.29, 0.717) is 0 Å². The maximum Gasteiger partial charge on any atom is 0.202 e. The van der Waals surface area contributed by atoms with E-state index >= 15 is 0 Å². The lowest BCUT2D eigenvalue weighted by molar-refractivity contribution is 0.159. The van der Waals surface area contributed by atoms with Crippen molar-refractivity contribution in [1.29, 1.82) is 0 Å². The number of ether oxygens (including phenoxy) is 1. The molecule has 0 radical (unpaired) electrons. The molecule has 0 aromatic rings. The van der Waals surface area contributed by atoms with Gasteiger partial charge in [0.15, 0.2) is 0 Å². The highest BCUT2D eigenvalue weighted by atomic mass is 16.5. The van der Waals surface area contributed by atoms with Gasteiger partial charge in [-0.15, -0.1) is 0 Å². The van der Waals surface area contributed by atoms with Crippen molar-refractivity contribution >= 4 is 0 Å². The Balaban J connectivity index is 2.87. The lowest BCUT2D eigenvalue weighted by atomic mass is 10.1. The highest BCUT2D eigenvalue weighted by Gasteiger charge is 2.24. The standard InChI is InChI=1S/C9H15NO/c1-6(2)8-7(3)9(11-8)10(4)5/h1-5H3. The van der Waals surface area contributed by atoms with Crippen LogP contribution in [0.1, 0.15) is 20.8 Å². The highest BCUT2D eigenvalue weighted by Crippen LogP contribution is 2.33. The van der Waals surface area contributed by atoms with E-state index in [1.165, 1.54) is 11.1 Å². The van der Waals surface area contributed by atoms with Gasteiger partial charge in [-0.3, -0.25) is 0 Å². The molecule has 0 saturated carbocycles. The van der Waals surface area contributed by atoms with Crippen LogP contribution in [0.3, 0.4) is 0 Å². The molecule has 0 bridgehead atoms. The lowest BCUT2D eigenvalue weighted by Crippen LogP contribution is -2.24. The fraction of sp³-hybridized carbons (Fsp3) is 0.556.